The van der Waals surface area contributed by atoms with Gasteiger partial charge in [0.25, 0.3) is 0 Å². The fourth-order valence-electron chi connectivity index (χ4n) is 6.92. The predicted molar refractivity (Wildman–Crippen MR) is 235 cm³/mol. The Morgan fingerprint density at radius 3 is 1.26 bits per heavy atom. The van der Waals surface area contributed by atoms with Crippen molar-refractivity contribution in [3.8, 4) is 0 Å². The Balaban J connectivity index is 3.40. The van der Waals surface area contributed by atoms with Gasteiger partial charge in [0.05, 0.1) is 18.8 Å². The standard InChI is InChI=1S/C49H91NO3/c1-3-5-7-9-11-13-14-15-16-17-18-19-20-21-22-23-24-25-26-27-28-29-30-31-32-33-34-35-36-37-39-41-43-45-49(53)50-47(46-51)48(52)44-42-40-38-12-10-8-6-4-2/h10,12,14-15,17-18,42,44,47-48,51-52H,3-9,11,13,16,19-41,43,45-46H2,1-2H3,(H,50,53)/b12-10+,15-14-,18-17-,44-42+. The molecule has 0 saturated heterocycles. The summed E-state index contributed by atoms with van der Waals surface area (Å²) in [5, 5.41) is 22.8. The molecule has 0 radical (unpaired) electrons. The summed E-state index contributed by atoms with van der Waals surface area (Å²) in [6.07, 6.45) is 61.2. The van der Waals surface area contributed by atoms with Crippen molar-refractivity contribution < 1.29 is 15.0 Å². The molecule has 2 atom stereocenters. The average molecular weight is 742 g/mol. The number of hydrogen-bond donors (Lipinski definition) is 3. The van der Waals surface area contributed by atoms with Gasteiger partial charge in [-0.25, -0.2) is 0 Å². The summed E-state index contributed by atoms with van der Waals surface area (Å²) in [5.74, 6) is -0.0758. The fourth-order valence-corrected chi connectivity index (χ4v) is 6.92. The Morgan fingerprint density at radius 2 is 0.811 bits per heavy atom. The molecule has 310 valence electrons. The first-order valence-corrected chi connectivity index (χ1v) is 23.4. The van der Waals surface area contributed by atoms with Crippen LogP contribution in [0.2, 0.25) is 0 Å². The van der Waals surface area contributed by atoms with E-state index in [1.165, 1.54) is 180 Å². The second kappa shape index (κ2) is 44.7. The Kier molecular flexibility index (Phi) is 43.4. The SMILES string of the molecule is CCCC/C=C/CC/C=C/C(O)C(CO)NC(=O)CCCCCCCCCCCCCCCCCCCCCCC/C=C\C/C=C\CCCCCCC. The van der Waals surface area contributed by atoms with Crippen molar-refractivity contribution >= 4 is 5.91 Å². The van der Waals surface area contributed by atoms with Gasteiger partial charge >= 0.3 is 0 Å². The first-order valence-electron chi connectivity index (χ1n) is 23.4. The molecule has 0 rings (SSSR count). The Morgan fingerprint density at radius 1 is 0.453 bits per heavy atom. The third-order valence-electron chi connectivity index (χ3n) is 10.5. The van der Waals surface area contributed by atoms with Crippen LogP contribution in [0, 0.1) is 0 Å². The molecule has 0 aliphatic rings. The van der Waals surface area contributed by atoms with Crippen molar-refractivity contribution in [2.75, 3.05) is 6.61 Å². The maximum atomic E-state index is 12.3. The molecule has 0 spiro atoms. The Labute approximate surface area is 331 Å². The lowest BCUT2D eigenvalue weighted by molar-refractivity contribution is -0.123. The highest BCUT2D eigenvalue weighted by atomic mass is 16.3. The number of aliphatic hydroxyl groups is 2. The molecule has 0 aromatic heterocycles. The van der Waals surface area contributed by atoms with E-state index in [2.05, 4.69) is 55.6 Å². The lowest BCUT2D eigenvalue weighted by Crippen LogP contribution is -2.45. The molecule has 0 aliphatic carbocycles. The van der Waals surface area contributed by atoms with Gasteiger partial charge in [-0.1, -0.05) is 223 Å². The number of unbranched alkanes of at least 4 members (excludes halogenated alkanes) is 29. The number of hydrogen-bond acceptors (Lipinski definition) is 3. The number of carbonyl (C=O) groups excluding carboxylic acids is 1. The third kappa shape index (κ3) is 41.4. The smallest absolute Gasteiger partial charge is 0.220 e. The van der Waals surface area contributed by atoms with Crippen molar-refractivity contribution in [1.82, 2.24) is 5.32 Å². The van der Waals surface area contributed by atoms with Crippen LogP contribution in [0.25, 0.3) is 0 Å². The molecule has 0 saturated carbocycles. The van der Waals surface area contributed by atoms with Crippen molar-refractivity contribution in [2.24, 2.45) is 0 Å². The summed E-state index contributed by atoms with van der Waals surface area (Å²) in [6.45, 7) is 4.22. The maximum Gasteiger partial charge on any atom is 0.220 e. The number of aliphatic hydroxyl groups excluding tert-OH is 2. The summed E-state index contributed by atoms with van der Waals surface area (Å²) in [6, 6.07) is -0.635. The minimum absolute atomic E-state index is 0.0758. The largest absolute Gasteiger partial charge is 0.394 e. The zero-order valence-electron chi connectivity index (χ0n) is 35.5. The summed E-state index contributed by atoms with van der Waals surface area (Å²) in [7, 11) is 0. The minimum Gasteiger partial charge on any atom is -0.394 e. The van der Waals surface area contributed by atoms with Gasteiger partial charge in [0, 0.05) is 6.42 Å². The van der Waals surface area contributed by atoms with Crippen molar-refractivity contribution in [2.45, 2.75) is 251 Å². The molecule has 53 heavy (non-hydrogen) atoms. The quantitative estimate of drug-likeness (QED) is 0.0431. The van der Waals surface area contributed by atoms with Crippen LogP contribution in [-0.2, 0) is 4.79 Å². The molecule has 4 heteroatoms. The van der Waals surface area contributed by atoms with Gasteiger partial charge in [0.1, 0.15) is 0 Å². The van der Waals surface area contributed by atoms with Crippen LogP contribution >= 0.6 is 0 Å². The molecule has 0 aromatic rings. The number of rotatable bonds is 42. The van der Waals surface area contributed by atoms with E-state index in [1.54, 1.807) is 6.08 Å². The van der Waals surface area contributed by atoms with E-state index >= 15 is 0 Å². The lowest BCUT2D eigenvalue weighted by Gasteiger charge is -2.19. The summed E-state index contributed by atoms with van der Waals surface area (Å²) in [5.41, 5.74) is 0. The summed E-state index contributed by atoms with van der Waals surface area (Å²) < 4.78 is 0. The summed E-state index contributed by atoms with van der Waals surface area (Å²) in [4.78, 5) is 12.3. The topological polar surface area (TPSA) is 69.6 Å². The monoisotopic (exact) mass is 742 g/mol. The predicted octanol–water partition coefficient (Wildman–Crippen LogP) is 14.7. The molecular formula is C49H91NO3. The van der Waals surface area contributed by atoms with Crippen LogP contribution in [0.3, 0.4) is 0 Å². The second-order valence-electron chi connectivity index (χ2n) is 15.8. The molecule has 0 aromatic carbocycles. The molecule has 3 N–H and O–H groups in total. The van der Waals surface area contributed by atoms with Crippen LogP contribution in [0.15, 0.2) is 48.6 Å². The van der Waals surface area contributed by atoms with Gasteiger partial charge in [-0.15, -0.1) is 0 Å². The summed E-state index contributed by atoms with van der Waals surface area (Å²) >= 11 is 0. The van der Waals surface area contributed by atoms with E-state index in [1.807, 2.05) is 6.08 Å². The first-order chi connectivity index (χ1) is 26.2. The first kappa shape index (κ1) is 51.4. The molecule has 0 bridgehead atoms. The fraction of sp³-hybridized carbons (Fsp3) is 0.816. The number of carbonyl (C=O) groups is 1. The lowest BCUT2D eigenvalue weighted by atomic mass is 10.0. The number of nitrogens with one attached hydrogen (secondary N) is 1. The van der Waals surface area contributed by atoms with E-state index < -0.39 is 12.1 Å². The van der Waals surface area contributed by atoms with E-state index in [0.717, 1.165) is 38.5 Å². The molecule has 4 nitrogen and oxygen atoms in total. The van der Waals surface area contributed by atoms with E-state index in [9.17, 15) is 15.0 Å². The molecule has 0 fully saturated rings. The van der Waals surface area contributed by atoms with E-state index in [4.69, 9.17) is 0 Å². The molecule has 0 aliphatic heterocycles. The zero-order chi connectivity index (χ0) is 38.6. The van der Waals surface area contributed by atoms with Gasteiger partial charge in [-0.2, -0.15) is 0 Å². The molecule has 0 heterocycles. The van der Waals surface area contributed by atoms with E-state index in [0.29, 0.717) is 6.42 Å². The second-order valence-corrected chi connectivity index (χ2v) is 15.8. The van der Waals surface area contributed by atoms with Crippen molar-refractivity contribution in [3.63, 3.8) is 0 Å². The van der Waals surface area contributed by atoms with Gasteiger partial charge in [0.15, 0.2) is 0 Å². The highest BCUT2D eigenvalue weighted by molar-refractivity contribution is 5.76. The van der Waals surface area contributed by atoms with Crippen molar-refractivity contribution in [1.29, 1.82) is 0 Å². The van der Waals surface area contributed by atoms with Gasteiger partial charge in [-0.05, 0) is 57.8 Å². The van der Waals surface area contributed by atoms with Crippen molar-refractivity contribution in [3.05, 3.63) is 48.6 Å². The van der Waals surface area contributed by atoms with Crippen LogP contribution in [0.4, 0.5) is 0 Å². The molecule has 2 unspecified atom stereocenters. The van der Waals surface area contributed by atoms with Gasteiger partial charge in [-0.3, -0.25) is 4.79 Å². The van der Waals surface area contributed by atoms with Crippen LogP contribution < -0.4 is 5.32 Å². The Hall–Kier alpha value is -1.65. The Bertz CT molecular complexity index is 847. The van der Waals surface area contributed by atoms with Crippen LogP contribution in [-0.4, -0.2) is 34.9 Å². The molecular weight excluding hydrogens is 651 g/mol. The van der Waals surface area contributed by atoms with Crippen LogP contribution in [0.5, 0.6) is 0 Å². The average Bonchev–Trinajstić information content (AvgIpc) is 3.16. The zero-order valence-corrected chi connectivity index (χ0v) is 35.5. The molecule has 1 amide bonds. The maximum absolute atomic E-state index is 12.3. The minimum atomic E-state index is -0.858. The number of allylic oxidation sites excluding steroid dienone is 7. The normalized spacial score (nSPS) is 13.4. The van der Waals surface area contributed by atoms with Crippen LogP contribution in [0.1, 0.15) is 239 Å². The number of amides is 1. The van der Waals surface area contributed by atoms with Gasteiger partial charge < -0.3 is 15.5 Å². The van der Waals surface area contributed by atoms with Gasteiger partial charge in [0.2, 0.25) is 5.91 Å². The third-order valence-corrected chi connectivity index (χ3v) is 10.5. The van der Waals surface area contributed by atoms with E-state index in [-0.39, 0.29) is 12.5 Å². The highest BCUT2D eigenvalue weighted by Gasteiger charge is 2.17. The highest BCUT2D eigenvalue weighted by Crippen LogP contribution is 2.16.